The third-order valence-electron chi connectivity index (χ3n) is 5.19. The maximum absolute atomic E-state index is 14.4. The summed E-state index contributed by atoms with van der Waals surface area (Å²) in [6.45, 7) is 1.76. The second-order valence-electron chi connectivity index (χ2n) is 7.44. The molecular formula is C22H24FN7O2. The number of nitrogens with zero attached hydrogens (tertiary/aromatic N) is 4. The molecule has 1 aromatic carbocycles. The highest BCUT2D eigenvalue weighted by Gasteiger charge is 2.18. The molecule has 3 N–H and O–H groups in total. The lowest BCUT2D eigenvalue weighted by Crippen LogP contribution is -2.31. The number of benzene rings is 1. The van der Waals surface area contributed by atoms with Gasteiger partial charge in [-0.25, -0.2) is 9.37 Å². The Kier molecular flexibility index (Phi) is 6.29. The molecule has 0 aliphatic carbocycles. The number of nitrogens with one attached hydrogen (secondary N) is 3. The Hall–Kier alpha value is -3.95. The summed E-state index contributed by atoms with van der Waals surface area (Å²) in [6.07, 6.45) is 6.45. The molecule has 1 aliphatic heterocycles. The molecule has 0 atom stereocenters. The van der Waals surface area contributed by atoms with Crippen LogP contribution in [0.4, 0.5) is 27.3 Å². The quantitative estimate of drug-likeness (QED) is 0.525. The van der Waals surface area contributed by atoms with Crippen LogP contribution in [0.3, 0.4) is 0 Å². The first kappa shape index (κ1) is 21.3. The smallest absolute Gasteiger partial charge is 0.253 e. The molecule has 2 amide bonds. The van der Waals surface area contributed by atoms with E-state index in [1.54, 1.807) is 41.3 Å². The Balaban J connectivity index is 1.46. The van der Waals surface area contributed by atoms with Crippen LogP contribution in [-0.4, -0.2) is 51.6 Å². The maximum Gasteiger partial charge on any atom is 0.253 e. The average molecular weight is 437 g/mol. The molecule has 10 heteroatoms. The molecule has 0 bridgehead atoms. The fraction of sp³-hybridized carbons (Fsp3) is 0.273. The lowest BCUT2D eigenvalue weighted by Gasteiger charge is -2.14. The number of carbonyl (C=O) groups is 2. The predicted molar refractivity (Wildman–Crippen MR) is 119 cm³/mol. The van der Waals surface area contributed by atoms with Gasteiger partial charge in [0.1, 0.15) is 12.4 Å². The van der Waals surface area contributed by atoms with Crippen molar-refractivity contribution in [2.24, 2.45) is 0 Å². The van der Waals surface area contributed by atoms with Crippen LogP contribution in [0.2, 0.25) is 0 Å². The Morgan fingerprint density at radius 2 is 1.88 bits per heavy atom. The van der Waals surface area contributed by atoms with E-state index in [4.69, 9.17) is 0 Å². The molecule has 1 fully saturated rings. The molecule has 0 spiro atoms. The van der Waals surface area contributed by atoms with E-state index < -0.39 is 5.82 Å². The van der Waals surface area contributed by atoms with Gasteiger partial charge in [-0.2, -0.15) is 5.10 Å². The van der Waals surface area contributed by atoms with E-state index >= 15 is 0 Å². The molecule has 3 heterocycles. The average Bonchev–Trinajstić information content (AvgIpc) is 3.48. The molecule has 1 saturated heterocycles. The third-order valence-corrected chi connectivity index (χ3v) is 5.19. The molecule has 32 heavy (non-hydrogen) atoms. The summed E-state index contributed by atoms with van der Waals surface area (Å²) in [7, 11) is 1.53. The Labute approximate surface area is 184 Å². The van der Waals surface area contributed by atoms with Crippen molar-refractivity contribution < 1.29 is 14.0 Å². The van der Waals surface area contributed by atoms with Crippen molar-refractivity contribution in [3.8, 4) is 0 Å². The van der Waals surface area contributed by atoms with Crippen molar-refractivity contribution in [1.82, 2.24) is 25.0 Å². The van der Waals surface area contributed by atoms with Gasteiger partial charge in [-0.05, 0) is 25.0 Å². The monoisotopic (exact) mass is 437 g/mol. The first-order valence-corrected chi connectivity index (χ1v) is 10.3. The lowest BCUT2D eigenvalue weighted by atomic mass is 10.1. The van der Waals surface area contributed by atoms with Crippen molar-refractivity contribution in [2.75, 3.05) is 30.8 Å². The van der Waals surface area contributed by atoms with Crippen molar-refractivity contribution in [1.29, 1.82) is 0 Å². The van der Waals surface area contributed by atoms with Gasteiger partial charge >= 0.3 is 0 Å². The van der Waals surface area contributed by atoms with Crippen LogP contribution in [0.25, 0.3) is 0 Å². The van der Waals surface area contributed by atoms with Crippen LogP contribution in [0, 0.1) is 5.82 Å². The summed E-state index contributed by atoms with van der Waals surface area (Å²) in [5, 5.41) is 12.8. The predicted octanol–water partition coefficient (Wildman–Crippen LogP) is 2.89. The summed E-state index contributed by atoms with van der Waals surface area (Å²) in [4.78, 5) is 30.3. The number of likely N-dealkylation sites (tertiary alicyclic amines) is 1. The van der Waals surface area contributed by atoms with Gasteiger partial charge in [-0.3, -0.25) is 14.3 Å². The van der Waals surface area contributed by atoms with Crippen LogP contribution in [0.15, 0.2) is 48.9 Å². The van der Waals surface area contributed by atoms with Crippen LogP contribution >= 0.6 is 0 Å². The van der Waals surface area contributed by atoms with Crippen molar-refractivity contribution >= 4 is 34.7 Å². The van der Waals surface area contributed by atoms with Gasteiger partial charge in [0, 0.05) is 32.4 Å². The Bertz CT molecular complexity index is 1120. The van der Waals surface area contributed by atoms with Gasteiger partial charge in [0.25, 0.3) is 5.91 Å². The van der Waals surface area contributed by atoms with E-state index in [0.717, 1.165) is 32.1 Å². The van der Waals surface area contributed by atoms with Crippen molar-refractivity contribution in [3.63, 3.8) is 0 Å². The van der Waals surface area contributed by atoms with E-state index in [1.807, 2.05) is 4.90 Å². The molecular weight excluding hydrogens is 413 g/mol. The largest absolute Gasteiger partial charge is 0.355 e. The molecule has 9 nitrogen and oxygen atoms in total. The first-order valence-electron chi connectivity index (χ1n) is 10.3. The van der Waals surface area contributed by atoms with Crippen LogP contribution < -0.4 is 16.0 Å². The van der Waals surface area contributed by atoms with E-state index in [2.05, 4.69) is 26.0 Å². The lowest BCUT2D eigenvalue weighted by molar-refractivity contribution is -0.130. The van der Waals surface area contributed by atoms with Crippen LogP contribution in [0.5, 0.6) is 0 Å². The van der Waals surface area contributed by atoms with Gasteiger partial charge in [-0.15, -0.1) is 0 Å². The van der Waals surface area contributed by atoms with Crippen LogP contribution in [-0.2, 0) is 11.3 Å². The maximum atomic E-state index is 14.4. The SMILES string of the molecule is CNC(=O)c1ccccc1Nc1cc(Nc2cnn(CC(=O)N3CCCC3)c2)ncc1F. The summed E-state index contributed by atoms with van der Waals surface area (Å²) in [6, 6.07) is 8.33. The number of hydrogen-bond acceptors (Lipinski definition) is 6. The molecule has 0 saturated carbocycles. The zero-order chi connectivity index (χ0) is 22.5. The number of hydrogen-bond donors (Lipinski definition) is 3. The van der Waals surface area contributed by atoms with Crippen molar-refractivity contribution in [2.45, 2.75) is 19.4 Å². The number of amides is 2. The zero-order valence-electron chi connectivity index (χ0n) is 17.6. The Morgan fingerprint density at radius 1 is 1.09 bits per heavy atom. The minimum absolute atomic E-state index is 0.0401. The number of anilines is 4. The highest BCUT2D eigenvalue weighted by atomic mass is 19.1. The second-order valence-corrected chi connectivity index (χ2v) is 7.44. The second kappa shape index (κ2) is 9.46. The summed E-state index contributed by atoms with van der Waals surface area (Å²) < 4.78 is 16.0. The molecule has 1 aliphatic rings. The molecule has 166 valence electrons. The van der Waals surface area contributed by atoms with Gasteiger partial charge in [0.2, 0.25) is 5.91 Å². The molecule has 0 radical (unpaired) electrons. The fourth-order valence-corrected chi connectivity index (χ4v) is 3.54. The third kappa shape index (κ3) is 4.85. The normalized spacial score (nSPS) is 13.1. The Morgan fingerprint density at radius 3 is 2.66 bits per heavy atom. The summed E-state index contributed by atoms with van der Waals surface area (Å²) in [5.41, 5.74) is 1.64. The van der Waals surface area contributed by atoms with Gasteiger partial charge in [0.05, 0.1) is 35.0 Å². The number of pyridine rings is 1. The van der Waals surface area contributed by atoms with Gasteiger partial charge in [0.15, 0.2) is 5.82 Å². The number of aromatic nitrogens is 3. The molecule has 2 aromatic heterocycles. The van der Waals surface area contributed by atoms with E-state index in [1.165, 1.54) is 13.1 Å². The molecule has 4 rings (SSSR count). The number of carbonyl (C=O) groups excluding carboxylic acids is 2. The standard InChI is InChI=1S/C22H24FN7O2/c1-24-22(32)16-6-2-3-7-18(16)28-19-10-20(25-12-17(19)23)27-15-11-26-30(13-15)14-21(31)29-8-4-5-9-29/h2-3,6-7,10-13H,4-5,8-9,14H2,1H3,(H,24,32)(H2,25,27,28). The topological polar surface area (TPSA) is 104 Å². The molecule has 3 aromatic rings. The van der Waals surface area contributed by atoms with E-state index in [0.29, 0.717) is 22.8 Å². The number of para-hydroxylation sites is 1. The van der Waals surface area contributed by atoms with Gasteiger partial charge < -0.3 is 20.9 Å². The highest BCUT2D eigenvalue weighted by Crippen LogP contribution is 2.26. The van der Waals surface area contributed by atoms with E-state index in [-0.39, 0.29) is 24.0 Å². The van der Waals surface area contributed by atoms with Crippen LogP contribution in [0.1, 0.15) is 23.2 Å². The fourth-order valence-electron chi connectivity index (χ4n) is 3.54. The van der Waals surface area contributed by atoms with Gasteiger partial charge in [-0.1, -0.05) is 12.1 Å². The minimum Gasteiger partial charge on any atom is -0.355 e. The summed E-state index contributed by atoms with van der Waals surface area (Å²) >= 11 is 0. The minimum atomic E-state index is -0.561. The highest BCUT2D eigenvalue weighted by molar-refractivity contribution is 6.00. The number of halogens is 1. The van der Waals surface area contributed by atoms with Crippen molar-refractivity contribution in [3.05, 3.63) is 60.3 Å². The zero-order valence-corrected chi connectivity index (χ0v) is 17.6. The van der Waals surface area contributed by atoms with E-state index in [9.17, 15) is 14.0 Å². The first-order chi connectivity index (χ1) is 15.5. The number of rotatable bonds is 7. The molecule has 0 unspecified atom stereocenters. The summed E-state index contributed by atoms with van der Waals surface area (Å²) in [5.74, 6) is -0.416.